The van der Waals surface area contributed by atoms with Gasteiger partial charge in [-0.15, -0.1) is 0 Å². The minimum Gasteiger partial charge on any atom is -0.497 e. The molecular weight excluding hydrogens is 252 g/mol. The Labute approximate surface area is 118 Å². The number of nitrogen functional groups attached to an aromatic ring is 1. The molecule has 20 heavy (non-hydrogen) atoms. The van der Waals surface area contributed by atoms with E-state index >= 15 is 0 Å². The number of amides is 1. The van der Waals surface area contributed by atoms with Crippen LogP contribution >= 0.6 is 0 Å². The summed E-state index contributed by atoms with van der Waals surface area (Å²) < 4.78 is 5.13. The van der Waals surface area contributed by atoms with Crippen LogP contribution in [-0.2, 0) is 0 Å². The van der Waals surface area contributed by atoms with Crippen LogP contribution in [0.1, 0.15) is 15.9 Å². The summed E-state index contributed by atoms with van der Waals surface area (Å²) in [5.41, 5.74) is 8.73. The normalized spacial score (nSPS) is 10.2. The molecule has 0 radical (unpaired) electrons. The molecule has 0 fully saturated rings. The highest BCUT2D eigenvalue weighted by Gasteiger charge is 2.16. The summed E-state index contributed by atoms with van der Waals surface area (Å²) in [6.07, 6.45) is 0. The van der Waals surface area contributed by atoms with E-state index in [1.165, 1.54) is 0 Å². The topological polar surface area (TPSA) is 55.6 Å². The van der Waals surface area contributed by atoms with Crippen molar-refractivity contribution in [3.63, 3.8) is 0 Å². The lowest BCUT2D eigenvalue weighted by Crippen LogP contribution is -2.27. The minimum atomic E-state index is -0.162. The van der Waals surface area contributed by atoms with Crippen molar-refractivity contribution in [2.24, 2.45) is 0 Å². The highest BCUT2D eigenvalue weighted by atomic mass is 16.5. The van der Waals surface area contributed by atoms with E-state index in [0.717, 1.165) is 11.3 Å². The number of nitrogens with two attached hydrogens (primary N) is 1. The molecule has 2 aromatic rings. The Morgan fingerprint density at radius 3 is 2.40 bits per heavy atom. The van der Waals surface area contributed by atoms with E-state index in [9.17, 15) is 4.79 Å². The highest BCUT2D eigenvalue weighted by Crippen LogP contribution is 2.23. The molecule has 0 aliphatic carbocycles. The van der Waals surface area contributed by atoms with Crippen molar-refractivity contribution in [3.8, 4) is 5.75 Å². The quantitative estimate of drug-likeness (QED) is 0.872. The van der Waals surface area contributed by atoms with E-state index in [1.54, 1.807) is 37.3 Å². The van der Waals surface area contributed by atoms with Gasteiger partial charge in [0.1, 0.15) is 5.75 Å². The number of methoxy groups -OCH3 is 1. The SMILES string of the molecule is COc1ccc(N)c(C(=O)N(C)c2ccc(C)cc2)c1. The molecule has 0 saturated heterocycles. The fourth-order valence-electron chi connectivity index (χ4n) is 1.91. The number of nitrogens with zero attached hydrogens (tertiary/aromatic N) is 1. The third-order valence-corrected chi connectivity index (χ3v) is 3.22. The maximum atomic E-state index is 12.5. The number of rotatable bonds is 3. The molecule has 0 bridgehead atoms. The van der Waals surface area contributed by atoms with Gasteiger partial charge in [0.15, 0.2) is 0 Å². The molecule has 0 atom stereocenters. The van der Waals surface area contributed by atoms with Crippen LogP contribution in [-0.4, -0.2) is 20.1 Å². The van der Waals surface area contributed by atoms with Gasteiger partial charge in [-0.3, -0.25) is 4.79 Å². The van der Waals surface area contributed by atoms with Crippen LogP contribution < -0.4 is 15.4 Å². The molecule has 1 amide bonds. The summed E-state index contributed by atoms with van der Waals surface area (Å²) in [6, 6.07) is 12.8. The predicted molar refractivity (Wildman–Crippen MR) is 81.3 cm³/mol. The van der Waals surface area contributed by atoms with Crippen LogP contribution in [0.15, 0.2) is 42.5 Å². The van der Waals surface area contributed by atoms with E-state index in [4.69, 9.17) is 10.5 Å². The molecule has 104 valence electrons. The monoisotopic (exact) mass is 270 g/mol. The van der Waals surface area contributed by atoms with Gasteiger partial charge in [-0.2, -0.15) is 0 Å². The fourth-order valence-corrected chi connectivity index (χ4v) is 1.91. The Balaban J connectivity index is 2.33. The maximum Gasteiger partial charge on any atom is 0.260 e. The molecule has 0 saturated carbocycles. The number of hydrogen-bond acceptors (Lipinski definition) is 3. The van der Waals surface area contributed by atoms with Crippen molar-refractivity contribution in [1.82, 2.24) is 0 Å². The van der Waals surface area contributed by atoms with Crippen molar-refractivity contribution < 1.29 is 9.53 Å². The molecule has 0 aliphatic rings. The summed E-state index contributed by atoms with van der Waals surface area (Å²) in [4.78, 5) is 14.1. The smallest absolute Gasteiger partial charge is 0.260 e. The van der Waals surface area contributed by atoms with Crippen LogP contribution in [0.4, 0.5) is 11.4 Å². The van der Waals surface area contributed by atoms with Crippen LogP contribution in [0.2, 0.25) is 0 Å². The largest absolute Gasteiger partial charge is 0.497 e. The molecule has 0 unspecified atom stereocenters. The van der Waals surface area contributed by atoms with Crippen LogP contribution in [0, 0.1) is 6.92 Å². The Bertz CT molecular complexity index is 621. The average molecular weight is 270 g/mol. The second-order valence-electron chi connectivity index (χ2n) is 4.65. The predicted octanol–water partition coefficient (Wildman–Crippen LogP) is 2.86. The zero-order valence-corrected chi connectivity index (χ0v) is 11.9. The van der Waals surface area contributed by atoms with Gasteiger partial charge < -0.3 is 15.4 Å². The maximum absolute atomic E-state index is 12.5. The number of anilines is 2. The summed E-state index contributed by atoms with van der Waals surface area (Å²) in [5.74, 6) is 0.449. The second-order valence-corrected chi connectivity index (χ2v) is 4.65. The van der Waals surface area contributed by atoms with Gasteiger partial charge in [-0.1, -0.05) is 17.7 Å². The number of aryl methyl sites for hydroxylation is 1. The van der Waals surface area contributed by atoms with E-state index in [0.29, 0.717) is 17.0 Å². The molecule has 4 nitrogen and oxygen atoms in total. The third kappa shape index (κ3) is 2.74. The minimum absolute atomic E-state index is 0.162. The number of benzene rings is 2. The van der Waals surface area contributed by atoms with Crippen molar-refractivity contribution in [1.29, 1.82) is 0 Å². The Morgan fingerprint density at radius 1 is 1.15 bits per heavy atom. The Hall–Kier alpha value is -2.49. The van der Waals surface area contributed by atoms with Crippen LogP contribution in [0.5, 0.6) is 5.75 Å². The zero-order valence-electron chi connectivity index (χ0n) is 11.9. The first-order valence-corrected chi connectivity index (χ1v) is 6.31. The van der Waals surface area contributed by atoms with Crippen molar-refractivity contribution in [2.45, 2.75) is 6.92 Å². The summed E-state index contributed by atoms with van der Waals surface area (Å²) in [6.45, 7) is 2.01. The molecule has 2 N–H and O–H groups in total. The zero-order chi connectivity index (χ0) is 14.7. The van der Waals surface area contributed by atoms with E-state index < -0.39 is 0 Å². The van der Waals surface area contributed by atoms with E-state index in [-0.39, 0.29) is 5.91 Å². The first-order chi connectivity index (χ1) is 9.52. The summed E-state index contributed by atoms with van der Waals surface area (Å²) >= 11 is 0. The lowest BCUT2D eigenvalue weighted by molar-refractivity contribution is 0.0993. The second kappa shape index (κ2) is 5.65. The van der Waals surface area contributed by atoms with Crippen LogP contribution in [0.3, 0.4) is 0 Å². The van der Waals surface area contributed by atoms with Crippen molar-refractivity contribution in [2.75, 3.05) is 24.8 Å². The van der Waals surface area contributed by atoms with Gasteiger partial charge in [0.2, 0.25) is 0 Å². The first-order valence-electron chi connectivity index (χ1n) is 6.31. The number of ether oxygens (including phenoxy) is 1. The average Bonchev–Trinajstić information content (AvgIpc) is 2.47. The lowest BCUT2D eigenvalue weighted by atomic mass is 10.1. The Morgan fingerprint density at radius 2 is 1.80 bits per heavy atom. The standard InChI is InChI=1S/C16H18N2O2/c1-11-4-6-12(7-5-11)18(2)16(19)14-10-13(20-3)8-9-15(14)17/h4-10H,17H2,1-3H3. The fraction of sp³-hybridized carbons (Fsp3) is 0.188. The molecule has 0 aromatic heterocycles. The molecular formula is C16H18N2O2. The third-order valence-electron chi connectivity index (χ3n) is 3.22. The van der Waals surface area contributed by atoms with Crippen molar-refractivity contribution >= 4 is 17.3 Å². The molecule has 0 spiro atoms. The number of carbonyl (C=O) groups excluding carboxylic acids is 1. The summed E-state index contributed by atoms with van der Waals surface area (Å²) in [7, 11) is 3.29. The number of carbonyl (C=O) groups is 1. The van der Waals surface area contributed by atoms with E-state index in [1.807, 2.05) is 31.2 Å². The first kappa shape index (κ1) is 13.9. The molecule has 2 rings (SSSR count). The molecule has 0 aliphatic heterocycles. The van der Waals surface area contributed by atoms with E-state index in [2.05, 4.69) is 0 Å². The molecule has 2 aromatic carbocycles. The number of hydrogen-bond donors (Lipinski definition) is 1. The molecule has 0 heterocycles. The van der Waals surface area contributed by atoms with Gasteiger partial charge in [0.25, 0.3) is 5.91 Å². The van der Waals surface area contributed by atoms with Gasteiger partial charge in [0, 0.05) is 18.4 Å². The lowest BCUT2D eigenvalue weighted by Gasteiger charge is -2.19. The van der Waals surface area contributed by atoms with Gasteiger partial charge in [-0.05, 0) is 37.3 Å². The molecule has 4 heteroatoms. The Kier molecular flexibility index (Phi) is 3.94. The van der Waals surface area contributed by atoms with Gasteiger partial charge in [0.05, 0.1) is 12.7 Å². The van der Waals surface area contributed by atoms with Gasteiger partial charge >= 0.3 is 0 Å². The highest BCUT2D eigenvalue weighted by molar-refractivity contribution is 6.09. The van der Waals surface area contributed by atoms with Gasteiger partial charge in [-0.25, -0.2) is 0 Å². The summed E-state index contributed by atoms with van der Waals surface area (Å²) in [5, 5.41) is 0. The van der Waals surface area contributed by atoms with Crippen molar-refractivity contribution in [3.05, 3.63) is 53.6 Å². The van der Waals surface area contributed by atoms with Crippen LogP contribution in [0.25, 0.3) is 0 Å².